The summed E-state index contributed by atoms with van der Waals surface area (Å²) in [5, 5.41) is 0. The fourth-order valence-electron chi connectivity index (χ4n) is 1.85. The molecule has 3 nitrogen and oxygen atoms in total. The highest BCUT2D eigenvalue weighted by Crippen LogP contribution is 2.23. The highest BCUT2D eigenvalue weighted by Gasteiger charge is 2.12. The van der Waals surface area contributed by atoms with Crippen molar-refractivity contribution >= 4 is 31.9 Å². The van der Waals surface area contributed by atoms with Crippen molar-refractivity contribution in [1.82, 2.24) is 9.97 Å². The van der Waals surface area contributed by atoms with E-state index in [4.69, 9.17) is 0 Å². The number of hydrogen-bond donors (Lipinski definition) is 1. The van der Waals surface area contributed by atoms with Crippen LogP contribution in [0.25, 0.3) is 11.4 Å². The van der Waals surface area contributed by atoms with Crippen LogP contribution in [0.4, 0.5) is 4.39 Å². The Morgan fingerprint density at radius 1 is 1.30 bits per heavy atom. The van der Waals surface area contributed by atoms with E-state index in [1.165, 1.54) is 12.1 Å². The van der Waals surface area contributed by atoms with E-state index in [0.717, 1.165) is 0 Å². The predicted molar refractivity (Wildman–Crippen MR) is 84.2 cm³/mol. The van der Waals surface area contributed by atoms with Crippen molar-refractivity contribution in [2.45, 2.75) is 20.3 Å². The molecule has 0 unspecified atom stereocenters. The molecule has 0 radical (unpaired) electrons. The summed E-state index contributed by atoms with van der Waals surface area (Å²) >= 11 is 6.49. The second kappa shape index (κ2) is 6.18. The highest BCUT2D eigenvalue weighted by molar-refractivity contribution is 9.10. The molecule has 0 bridgehead atoms. The summed E-state index contributed by atoms with van der Waals surface area (Å²) in [5.74, 6) is 0.354. The molecule has 0 saturated heterocycles. The lowest BCUT2D eigenvalue weighted by molar-refractivity contribution is 0.626. The van der Waals surface area contributed by atoms with E-state index in [9.17, 15) is 9.18 Å². The van der Waals surface area contributed by atoms with Gasteiger partial charge in [0.2, 0.25) is 0 Å². The molecule has 6 heteroatoms. The van der Waals surface area contributed by atoms with Gasteiger partial charge in [0.05, 0.1) is 5.69 Å². The SMILES string of the molecule is CC(C)Cc1nc(-c2cc(F)cc(Br)c2)[nH]c(=O)c1Br. The van der Waals surface area contributed by atoms with Crippen LogP contribution in [0.3, 0.4) is 0 Å². The zero-order valence-electron chi connectivity index (χ0n) is 11.0. The molecule has 0 aliphatic heterocycles. The number of halogens is 3. The molecular weight excluding hydrogens is 391 g/mol. The van der Waals surface area contributed by atoms with Crippen LogP contribution in [0.15, 0.2) is 31.9 Å². The molecule has 0 aliphatic rings. The van der Waals surface area contributed by atoms with Crippen LogP contribution in [0.2, 0.25) is 0 Å². The van der Waals surface area contributed by atoms with Gasteiger partial charge in [-0.15, -0.1) is 0 Å². The number of H-pyrrole nitrogens is 1. The number of hydrogen-bond acceptors (Lipinski definition) is 2. The van der Waals surface area contributed by atoms with Gasteiger partial charge in [-0.1, -0.05) is 29.8 Å². The van der Waals surface area contributed by atoms with Gasteiger partial charge in [0.25, 0.3) is 5.56 Å². The third-order valence-corrected chi connectivity index (χ3v) is 3.94. The molecule has 20 heavy (non-hydrogen) atoms. The van der Waals surface area contributed by atoms with Crippen LogP contribution in [-0.4, -0.2) is 9.97 Å². The van der Waals surface area contributed by atoms with Gasteiger partial charge < -0.3 is 4.98 Å². The second-order valence-electron chi connectivity index (χ2n) is 4.93. The van der Waals surface area contributed by atoms with Crippen LogP contribution < -0.4 is 5.56 Å². The van der Waals surface area contributed by atoms with E-state index in [2.05, 4.69) is 41.8 Å². The van der Waals surface area contributed by atoms with Gasteiger partial charge in [-0.3, -0.25) is 4.79 Å². The van der Waals surface area contributed by atoms with E-state index in [-0.39, 0.29) is 11.4 Å². The first-order valence-corrected chi connectivity index (χ1v) is 7.70. The van der Waals surface area contributed by atoms with Gasteiger partial charge in [-0.2, -0.15) is 0 Å². The molecule has 0 aliphatic carbocycles. The number of benzene rings is 1. The first-order chi connectivity index (χ1) is 9.36. The molecule has 0 amide bonds. The number of aromatic nitrogens is 2. The summed E-state index contributed by atoms with van der Waals surface area (Å²) in [6.07, 6.45) is 0.675. The average Bonchev–Trinajstić information content (AvgIpc) is 2.32. The molecule has 1 aromatic carbocycles. The van der Waals surface area contributed by atoms with E-state index in [1.807, 2.05) is 13.8 Å². The van der Waals surface area contributed by atoms with Gasteiger partial charge in [-0.25, -0.2) is 9.37 Å². The molecular formula is C14H13Br2FN2O. The summed E-state index contributed by atoms with van der Waals surface area (Å²) in [6, 6.07) is 4.42. The first-order valence-electron chi connectivity index (χ1n) is 6.12. The van der Waals surface area contributed by atoms with Crippen LogP contribution in [0.5, 0.6) is 0 Å². The van der Waals surface area contributed by atoms with Crippen LogP contribution in [0, 0.1) is 11.7 Å². The van der Waals surface area contributed by atoms with Crippen molar-refractivity contribution in [2.75, 3.05) is 0 Å². The Morgan fingerprint density at radius 2 is 2.00 bits per heavy atom. The minimum Gasteiger partial charge on any atom is -0.306 e. The molecule has 0 atom stereocenters. The quantitative estimate of drug-likeness (QED) is 0.830. The van der Waals surface area contributed by atoms with Crippen molar-refractivity contribution in [3.8, 4) is 11.4 Å². The molecule has 2 rings (SSSR count). The predicted octanol–water partition coefficient (Wildman–Crippen LogP) is 4.30. The van der Waals surface area contributed by atoms with Crippen LogP contribution in [-0.2, 0) is 6.42 Å². The lowest BCUT2D eigenvalue weighted by Crippen LogP contribution is -2.15. The normalized spacial score (nSPS) is 11.1. The molecule has 1 heterocycles. The van der Waals surface area contributed by atoms with Crippen molar-refractivity contribution in [3.63, 3.8) is 0 Å². The molecule has 0 saturated carbocycles. The van der Waals surface area contributed by atoms with Crippen molar-refractivity contribution < 1.29 is 4.39 Å². The van der Waals surface area contributed by atoms with Crippen LogP contribution in [0.1, 0.15) is 19.5 Å². The number of nitrogens with one attached hydrogen (secondary N) is 1. The smallest absolute Gasteiger partial charge is 0.265 e. The maximum Gasteiger partial charge on any atom is 0.265 e. The van der Waals surface area contributed by atoms with Gasteiger partial charge >= 0.3 is 0 Å². The van der Waals surface area contributed by atoms with Crippen molar-refractivity contribution in [1.29, 1.82) is 0 Å². The summed E-state index contributed by atoms with van der Waals surface area (Å²) in [5.41, 5.74) is 0.955. The average molecular weight is 404 g/mol. The van der Waals surface area contributed by atoms with E-state index in [1.54, 1.807) is 6.07 Å². The zero-order chi connectivity index (χ0) is 14.9. The largest absolute Gasteiger partial charge is 0.306 e. The Morgan fingerprint density at radius 3 is 2.60 bits per heavy atom. The maximum atomic E-state index is 13.4. The Bertz CT molecular complexity index is 678. The summed E-state index contributed by atoms with van der Waals surface area (Å²) < 4.78 is 14.5. The van der Waals surface area contributed by atoms with Gasteiger partial charge in [0.1, 0.15) is 16.1 Å². The van der Waals surface area contributed by atoms with Crippen molar-refractivity contribution in [3.05, 3.63) is 49.0 Å². The van der Waals surface area contributed by atoms with E-state index >= 15 is 0 Å². The molecule has 1 N–H and O–H groups in total. The monoisotopic (exact) mass is 402 g/mol. The molecule has 2 aromatic rings. The highest BCUT2D eigenvalue weighted by atomic mass is 79.9. The third-order valence-electron chi connectivity index (χ3n) is 2.67. The van der Waals surface area contributed by atoms with Crippen LogP contribution >= 0.6 is 31.9 Å². The summed E-state index contributed by atoms with van der Waals surface area (Å²) in [4.78, 5) is 19.0. The van der Waals surface area contributed by atoms with E-state index < -0.39 is 0 Å². The van der Waals surface area contributed by atoms with Crippen molar-refractivity contribution in [2.24, 2.45) is 5.92 Å². The molecule has 0 spiro atoms. The second-order valence-corrected chi connectivity index (χ2v) is 6.64. The topological polar surface area (TPSA) is 45.8 Å². The van der Waals surface area contributed by atoms with Gasteiger partial charge in [-0.05, 0) is 46.5 Å². The fourth-order valence-corrected chi connectivity index (χ4v) is 2.67. The Kier molecular flexibility index (Phi) is 4.75. The lowest BCUT2D eigenvalue weighted by Gasteiger charge is -2.09. The first kappa shape index (κ1) is 15.4. The third kappa shape index (κ3) is 3.55. The Balaban J connectivity index is 2.57. The number of rotatable bonds is 3. The Hall–Kier alpha value is -1.01. The van der Waals surface area contributed by atoms with Gasteiger partial charge in [0.15, 0.2) is 0 Å². The summed E-state index contributed by atoms with van der Waals surface area (Å²) in [7, 11) is 0. The van der Waals surface area contributed by atoms with E-state index in [0.29, 0.717) is 38.4 Å². The number of aromatic amines is 1. The van der Waals surface area contributed by atoms with Gasteiger partial charge in [0, 0.05) is 10.0 Å². The molecule has 0 fully saturated rings. The summed E-state index contributed by atoms with van der Waals surface area (Å²) in [6.45, 7) is 4.10. The lowest BCUT2D eigenvalue weighted by atomic mass is 10.1. The molecule has 106 valence electrons. The Labute approximate surface area is 132 Å². The zero-order valence-corrected chi connectivity index (χ0v) is 14.2. The fraction of sp³-hybridized carbons (Fsp3) is 0.286. The standard InChI is InChI=1S/C14H13Br2FN2O/c1-7(2)3-11-12(16)14(20)19-13(18-11)8-4-9(15)6-10(17)5-8/h4-7H,3H2,1-2H3,(H,18,19,20). The minimum atomic E-state index is -0.384. The number of nitrogens with zero attached hydrogens (tertiary/aromatic N) is 1. The minimum absolute atomic E-state index is 0.258. The molecule has 1 aromatic heterocycles. The maximum absolute atomic E-state index is 13.4.